The van der Waals surface area contributed by atoms with E-state index in [9.17, 15) is 4.79 Å². The Balaban J connectivity index is 1.95. The Morgan fingerprint density at radius 3 is 2.82 bits per heavy atom. The second-order valence-corrected chi connectivity index (χ2v) is 5.03. The van der Waals surface area contributed by atoms with Gasteiger partial charge in [0.25, 0.3) is 0 Å². The van der Waals surface area contributed by atoms with E-state index in [-0.39, 0.29) is 5.78 Å². The van der Waals surface area contributed by atoms with Crippen molar-refractivity contribution in [2.24, 2.45) is 0 Å². The Hall–Kier alpha value is -1.31. The fourth-order valence-electron chi connectivity index (χ4n) is 2.49. The second kappa shape index (κ2) is 5.35. The van der Waals surface area contributed by atoms with Gasteiger partial charge in [-0.25, -0.2) is 0 Å². The van der Waals surface area contributed by atoms with E-state index in [4.69, 9.17) is 0 Å². The van der Waals surface area contributed by atoms with Crippen molar-refractivity contribution >= 4 is 11.5 Å². The Labute approximate surface area is 104 Å². The van der Waals surface area contributed by atoms with Gasteiger partial charge in [-0.05, 0) is 55.9 Å². The van der Waals surface area contributed by atoms with E-state index in [0.29, 0.717) is 6.42 Å². The summed E-state index contributed by atoms with van der Waals surface area (Å²) < 4.78 is 0. The van der Waals surface area contributed by atoms with Gasteiger partial charge in [-0.2, -0.15) is 0 Å². The molecule has 1 aromatic carbocycles. The summed E-state index contributed by atoms with van der Waals surface area (Å²) in [6.45, 7) is 2.62. The zero-order valence-electron chi connectivity index (χ0n) is 10.8. The molecule has 0 heterocycles. The molecule has 0 saturated heterocycles. The standard InChI is InChI=1S/C15H21NO/c1-12(17)5-4-10-16(2)15-9-8-13-6-3-7-14(13)11-15/h8-9,11H,3-7,10H2,1-2H3. The van der Waals surface area contributed by atoms with Gasteiger partial charge in [0.1, 0.15) is 5.78 Å². The summed E-state index contributed by atoms with van der Waals surface area (Å²) in [6.07, 6.45) is 5.40. The van der Waals surface area contributed by atoms with Crippen LogP contribution in [0.25, 0.3) is 0 Å². The van der Waals surface area contributed by atoms with Gasteiger partial charge in [0, 0.05) is 25.7 Å². The first-order valence-corrected chi connectivity index (χ1v) is 6.49. The second-order valence-electron chi connectivity index (χ2n) is 5.03. The number of Topliss-reactive ketones (excluding diaryl/α,β-unsaturated/α-hetero) is 1. The van der Waals surface area contributed by atoms with Crippen LogP contribution in [0.5, 0.6) is 0 Å². The summed E-state index contributed by atoms with van der Waals surface area (Å²) in [7, 11) is 2.11. The van der Waals surface area contributed by atoms with Gasteiger partial charge < -0.3 is 9.69 Å². The van der Waals surface area contributed by atoms with Crippen LogP contribution in [-0.2, 0) is 17.6 Å². The number of carbonyl (C=O) groups excluding carboxylic acids is 1. The first kappa shape index (κ1) is 12.2. The molecule has 0 bridgehead atoms. The van der Waals surface area contributed by atoms with Crippen molar-refractivity contribution in [3.8, 4) is 0 Å². The lowest BCUT2D eigenvalue weighted by Crippen LogP contribution is -2.19. The number of aryl methyl sites for hydroxylation is 2. The van der Waals surface area contributed by atoms with Crippen molar-refractivity contribution in [3.05, 3.63) is 29.3 Å². The van der Waals surface area contributed by atoms with Gasteiger partial charge >= 0.3 is 0 Å². The zero-order valence-corrected chi connectivity index (χ0v) is 10.8. The lowest BCUT2D eigenvalue weighted by atomic mass is 10.1. The minimum atomic E-state index is 0.285. The molecule has 1 aliphatic carbocycles. The molecular formula is C15H21NO. The van der Waals surface area contributed by atoms with E-state index in [1.165, 1.54) is 36.1 Å². The van der Waals surface area contributed by atoms with Gasteiger partial charge in [0.2, 0.25) is 0 Å². The molecule has 0 amide bonds. The molecule has 1 aromatic rings. The lowest BCUT2D eigenvalue weighted by molar-refractivity contribution is -0.117. The molecule has 0 aliphatic heterocycles. The molecule has 0 N–H and O–H groups in total. The molecule has 2 nitrogen and oxygen atoms in total. The highest BCUT2D eigenvalue weighted by molar-refractivity contribution is 5.75. The third-order valence-electron chi connectivity index (χ3n) is 3.55. The Kier molecular flexibility index (Phi) is 3.82. The van der Waals surface area contributed by atoms with E-state index >= 15 is 0 Å². The maximum absolute atomic E-state index is 10.9. The van der Waals surface area contributed by atoms with E-state index in [1.807, 2.05) is 0 Å². The predicted octanol–water partition coefficient (Wildman–Crippen LogP) is 2.98. The summed E-state index contributed by atoms with van der Waals surface area (Å²) in [5.41, 5.74) is 4.32. The van der Waals surface area contributed by atoms with Crippen molar-refractivity contribution in [2.75, 3.05) is 18.5 Å². The number of benzene rings is 1. The molecule has 1 aliphatic rings. The first-order valence-electron chi connectivity index (χ1n) is 6.49. The molecule has 0 unspecified atom stereocenters. The summed E-state index contributed by atoms with van der Waals surface area (Å²) in [5, 5.41) is 0. The lowest BCUT2D eigenvalue weighted by Gasteiger charge is -2.20. The number of nitrogens with zero attached hydrogens (tertiary/aromatic N) is 1. The van der Waals surface area contributed by atoms with Crippen LogP contribution in [0.2, 0.25) is 0 Å². The molecule has 0 atom stereocenters. The smallest absolute Gasteiger partial charge is 0.129 e. The summed E-state index contributed by atoms with van der Waals surface area (Å²) in [5.74, 6) is 0.285. The predicted molar refractivity (Wildman–Crippen MR) is 71.7 cm³/mol. The van der Waals surface area contributed by atoms with Crippen LogP contribution in [-0.4, -0.2) is 19.4 Å². The summed E-state index contributed by atoms with van der Waals surface area (Å²) in [4.78, 5) is 13.1. The van der Waals surface area contributed by atoms with Crippen LogP contribution >= 0.6 is 0 Å². The van der Waals surface area contributed by atoms with Gasteiger partial charge in [-0.1, -0.05) is 6.07 Å². The van der Waals surface area contributed by atoms with Crippen LogP contribution < -0.4 is 4.90 Å². The monoisotopic (exact) mass is 231 g/mol. The number of fused-ring (bicyclic) bond motifs is 1. The molecule has 2 rings (SSSR count). The maximum Gasteiger partial charge on any atom is 0.129 e. The molecule has 17 heavy (non-hydrogen) atoms. The molecule has 0 radical (unpaired) electrons. The van der Waals surface area contributed by atoms with Crippen molar-refractivity contribution in [3.63, 3.8) is 0 Å². The van der Waals surface area contributed by atoms with Gasteiger partial charge in [0.05, 0.1) is 0 Å². The van der Waals surface area contributed by atoms with Gasteiger partial charge in [-0.15, -0.1) is 0 Å². The molecular weight excluding hydrogens is 210 g/mol. The molecule has 0 aromatic heterocycles. The molecule has 0 fully saturated rings. The molecule has 0 saturated carbocycles. The minimum Gasteiger partial charge on any atom is -0.375 e. The van der Waals surface area contributed by atoms with E-state index in [1.54, 1.807) is 6.92 Å². The Morgan fingerprint density at radius 2 is 2.06 bits per heavy atom. The normalized spacial score (nSPS) is 13.5. The van der Waals surface area contributed by atoms with Crippen molar-refractivity contribution in [1.29, 1.82) is 0 Å². The fraction of sp³-hybridized carbons (Fsp3) is 0.533. The van der Waals surface area contributed by atoms with Crippen molar-refractivity contribution < 1.29 is 4.79 Å². The average Bonchev–Trinajstić information content (AvgIpc) is 2.75. The quantitative estimate of drug-likeness (QED) is 0.776. The SMILES string of the molecule is CC(=O)CCCN(C)c1ccc2c(c1)CCC2. The van der Waals surface area contributed by atoms with E-state index in [0.717, 1.165) is 13.0 Å². The van der Waals surface area contributed by atoms with Crippen LogP contribution in [0.15, 0.2) is 18.2 Å². The summed E-state index contributed by atoms with van der Waals surface area (Å²) >= 11 is 0. The largest absolute Gasteiger partial charge is 0.375 e. The zero-order chi connectivity index (χ0) is 12.3. The number of ketones is 1. The fourth-order valence-corrected chi connectivity index (χ4v) is 2.49. The third kappa shape index (κ3) is 3.09. The Bertz CT molecular complexity index is 411. The van der Waals surface area contributed by atoms with Crippen molar-refractivity contribution in [1.82, 2.24) is 0 Å². The number of rotatable bonds is 5. The van der Waals surface area contributed by atoms with Gasteiger partial charge in [0.15, 0.2) is 0 Å². The van der Waals surface area contributed by atoms with E-state index < -0.39 is 0 Å². The highest BCUT2D eigenvalue weighted by atomic mass is 16.1. The third-order valence-corrected chi connectivity index (χ3v) is 3.55. The number of hydrogen-bond donors (Lipinski definition) is 0. The molecule has 0 spiro atoms. The molecule has 2 heteroatoms. The highest BCUT2D eigenvalue weighted by Crippen LogP contribution is 2.26. The number of anilines is 1. The van der Waals surface area contributed by atoms with Crippen LogP contribution in [0.4, 0.5) is 5.69 Å². The summed E-state index contributed by atoms with van der Waals surface area (Å²) in [6, 6.07) is 6.78. The minimum absolute atomic E-state index is 0.285. The van der Waals surface area contributed by atoms with Crippen LogP contribution in [0.1, 0.15) is 37.3 Å². The Morgan fingerprint density at radius 1 is 1.29 bits per heavy atom. The number of hydrogen-bond acceptors (Lipinski definition) is 2. The topological polar surface area (TPSA) is 20.3 Å². The van der Waals surface area contributed by atoms with Crippen molar-refractivity contribution in [2.45, 2.75) is 39.0 Å². The van der Waals surface area contributed by atoms with Crippen LogP contribution in [0, 0.1) is 0 Å². The van der Waals surface area contributed by atoms with Crippen LogP contribution in [0.3, 0.4) is 0 Å². The van der Waals surface area contributed by atoms with Gasteiger partial charge in [-0.3, -0.25) is 0 Å². The first-order chi connectivity index (χ1) is 8.16. The van der Waals surface area contributed by atoms with E-state index in [2.05, 4.69) is 30.1 Å². The molecule has 92 valence electrons. The average molecular weight is 231 g/mol. The maximum atomic E-state index is 10.9. The highest BCUT2D eigenvalue weighted by Gasteiger charge is 2.12. The number of carbonyl (C=O) groups is 1.